The molecular formula is C59H97N3O16. The Bertz CT molecular complexity index is 2240. The van der Waals surface area contributed by atoms with E-state index in [1.165, 1.54) is 13.8 Å². The van der Waals surface area contributed by atoms with Crippen molar-refractivity contribution in [2.24, 2.45) is 46.3 Å². The molecule has 0 aromatic rings. The predicted molar refractivity (Wildman–Crippen MR) is 289 cm³/mol. The zero-order valence-corrected chi connectivity index (χ0v) is 49.4. The van der Waals surface area contributed by atoms with Crippen molar-refractivity contribution >= 4 is 29.5 Å². The molecule has 78 heavy (non-hydrogen) atoms. The standard InChI is InChI=1S/C59H97N3O16/c1-16-45-58(11,72)51(69)37(7)62(15)30-32(2)28-57(10,71)52(35(5)50(68)36(6)53(70)77-45)78-54-49(60(12)13)41(27-33(3)76-54)61(14)25-26-74-46(66)19-20-47(67)75-31-44(65)59(73)24-21-40-38-17-18-39-34(4)42(63)22-23-55(39,8)48(38)43(64)29-56(40,59)9/h22-23,32-33,35-38,40-41,43,45,48-52,54,64,68-69,71-73H,16-21,24-31H2,1-15H3/t32-,33-,35+,36-,37-,38+,40?,41-,43+,45-,48?,49+,50+,51-,52-,54+,55+,56+,57-,58-,59+/m1/s1. The molecule has 21 atom stereocenters. The molecule has 2 aliphatic heterocycles. The quantitative estimate of drug-likeness (QED) is 0.107. The second kappa shape index (κ2) is 24.7. The van der Waals surface area contributed by atoms with Crippen LogP contribution in [-0.4, -0.2) is 207 Å². The third-order valence-corrected chi connectivity index (χ3v) is 20.1. The third kappa shape index (κ3) is 12.6. The van der Waals surface area contributed by atoms with Gasteiger partial charge in [0.05, 0.1) is 54.8 Å². The highest BCUT2D eigenvalue weighted by atomic mass is 16.7. The van der Waals surface area contributed by atoms with Crippen molar-refractivity contribution in [3.05, 3.63) is 23.3 Å². The molecule has 6 rings (SSSR count). The summed E-state index contributed by atoms with van der Waals surface area (Å²) in [6.45, 7) is 19.6. The molecule has 2 heterocycles. The van der Waals surface area contributed by atoms with Crippen molar-refractivity contribution in [2.75, 3.05) is 54.5 Å². The van der Waals surface area contributed by atoms with Crippen molar-refractivity contribution in [1.29, 1.82) is 0 Å². The largest absolute Gasteiger partial charge is 0.464 e. The summed E-state index contributed by atoms with van der Waals surface area (Å²) in [6.07, 6.45) is -0.716. The van der Waals surface area contributed by atoms with Gasteiger partial charge in [-0.05, 0) is 151 Å². The smallest absolute Gasteiger partial charge is 0.311 e. The first-order chi connectivity index (χ1) is 36.2. The van der Waals surface area contributed by atoms with Crippen LogP contribution in [0.1, 0.15) is 140 Å². The Kier molecular flexibility index (Phi) is 20.3. The van der Waals surface area contributed by atoms with Crippen LogP contribution in [0.3, 0.4) is 0 Å². The maximum atomic E-state index is 13.9. The van der Waals surface area contributed by atoms with Crippen LogP contribution in [0.2, 0.25) is 0 Å². The van der Waals surface area contributed by atoms with E-state index in [0.717, 1.165) is 17.6 Å². The van der Waals surface area contributed by atoms with E-state index < -0.39 is 119 Å². The van der Waals surface area contributed by atoms with Gasteiger partial charge >= 0.3 is 17.9 Å². The Balaban J connectivity index is 1.04. The highest BCUT2D eigenvalue weighted by Crippen LogP contribution is 2.67. The average molecular weight is 1100 g/mol. The third-order valence-electron chi connectivity index (χ3n) is 20.1. The van der Waals surface area contributed by atoms with Gasteiger partial charge in [-0.25, -0.2) is 0 Å². The molecule has 0 spiro atoms. The molecule has 444 valence electrons. The number of esters is 3. The number of allylic oxidation sites excluding steroid dienone is 4. The second-order valence-corrected chi connectivity index (χ2v) is 25.9. The Morgan fingerprint density at radius 1 is 0.910 bits per heavy atom. The maximum absolute atomic E-state index is 13.9. The van der Waals surface area contributed by atoms with Crippen molar-refractivity contribution in [2.45, 2.75) is 218 Å². The topological polar surface area (TPSA) is 263 Å². The highest BCUT2D eigenvalue weighted by molar-refractivity contribution is 6.05. The summed E-state index contributed by atoms with van der Waals surface area (Å²) in [6, 6.07) is -1.24. The molecule has 0 amide bonds. The number of aliphatic hydroxyl groups excluding tert-OH is 3. The molecule has 19 nitrogen and oxygen atoms in total. The number of ketones is 2. The number of rotatable bonds is 14. The molecule has 6 N–H and O–H groups in total. The summed E-state index contributed by atoms with van der Waals surface area (Å²) in [5, 5.41) is 71.4. The average Bonchev–Trinajstić information content (AvgIpc) is 3.65. The van der Waals surface area contributed by atoms with Gasteiger partial charge in [0.2, 0.25) is 5.78 Å². The van der Waals surface area contributed by atoms with Gasteiger partial charge < -0.3 is 64.1 Å². The number of likely N-dealkylation sites (N-methyl/N-ethyl adjacent to an activating group) is 3. The minimum Gasteiger partial charge on any atom is -0.464 e. The summed E-state index contributed by atoms with van der Waals surface area (Å²) >= 11 is 0. The van der Waals surface area contributed by atoms with E-state index in [-0.39, 0.29) is 86.7 Å². The number of carbonyl (C=O) groups excluding carboxylic acids is 5. The molecule has 0 radical (unpaired) electrons. The van der Waals surface area contributed by atoms with Crippen LogP contribution >= 0.6 is 0 Å². The molecule has 19 heteroatoms. The minimum atomic E-state index is -1.83. The Hall–Kier alpha value is -3.21. The number of ether oxygens (including phenoxy) is 5. The number of carbonyl (C=O) groups is 5. The monoisotopic (exact) mass is 1100 g/mol. The highest BCUT2D eigenvalue weighted by Gasteiger charge is 2.68. The number of aliphatic hydroxyl groups is 6. The lowest BCUT2D eigenvalue weighted by Gasteiger charge is -2.59. The molecule has 2 unspecified atom stereocenters. The Labute approximate surface area is 463 Å². The fourth-order valence-electron chi connectivity index (χ4n) is 15.5. The lowest BCUT2D eigenvalue weighted by molar-refractivity contribution is -0.287. The van der Waals surface area contributed by atoms with Crippen LogP contribution < -0.4 is 0 Å². The van der Waals surface area contributed by atoms with E-state index in [4.69, 9.17) is 23.7 Å². The Morgan fingerprint density at radius 3 is 2.18 bits per heavy atom. The summed E-state index contributed by atoms with van der Waals surface area (Å²) in [5.41, 5.74) is -4.89. The molecule has 3 saturated carbocycles. The molecule has 6 aliphatic rings. The normalized spacial score (nSPS) is 44.0. The van der Waals surface area contributed by atoms with Gasteiger partial charge in [0, 0.05) is 47.8 Å². The number of fused-ring (bicyclic) bond motifs is 5. The van der Waals surface area contributed by atoms with E-state index in [1.54, 1.807) is 33.8 Å². The molecule has 5 fully saturated rings. The summed E-state index contributed by atoms with van der Waals surface area (Å²) in [5.74, 6) is -5.21. The number of nitrogens with zero attached hydrogens (tertiary/aromatic N) is 3. The summed E-state index contributed by atoms with van der Waals surface area (Å²) in [4.78, 5) is 72.1. The van der Waals surface area contributed by atoms with Gasteiger partial charge in [-0.2, -0.15) is 0 Å². The van der Waals surface area contributed by atoms with Gasteiger partial charge in [-0.1, -0.05) is 46.3 Å². The molecular weight excluding hydrogens is 1010 g/mol. The summed E-state index contributed by atoms with van der Waals surface area (Å²) < 4.78 is 30.3. The lowest BCUT2D eigenvalue weighted by Crippen LogP contribution is -2.63. The van der Waals surface area contributed by atoms with Crippen LogP contribution in [0.4, 0.5) is 0 Å². The van der Waals surface area contributed by atoms with Crippen LogP contribution in [0, 0.1) is 46.3 Å². The van der Waals surface area contributed by atoms with Gasteiger partial charge in [-0.3, -0.25) is 28.9 Å². The molecule has 2 saturated heterocycles. The predicted octanol–water partition coefficient (Wildman–Crippen LogP) is 3.75. The van der Waals surface area contributed by atoms with E-state index in [2.05, 4.69) is 6.92 Å². The fourth-order valence-corrected chi connectivity index (χ4v) is 15.5. The first kappa shape index (κ1) is 64.0. The lowest BCUT2D eigenvalue weighted by atomic mass is 9.46. The van der Waals surface area contributed by atoms with E-state index in [9.17, 15) is 54.6 Å². The molecule has 0 aromatic heterocycles. The van der Waals surface area contributed by atoms with Crippen LogP contribution in [0.15, 0.2) is 23.3 Å². The van der Waals surface area contributed by atoms with Crippen molar-refractivity contribution < 1.29 is 78.3 Å². The fraction of sp³-hybridized carbons (Fsp3) is 0.847. The van der Waals surface area contributed by atoms with Gasteiger partial charge in [0.15, 0.2) is 18.7 Å². The SMILES string of the molecule is CC[C@H]1OC(=O)[C@H](C)[C@@H](O)[C@H](C)[C@@H](O[C@@H]2O[C@H](C)C[C@@H](N(C)CCOC(=O)CCC(=O)OCC(=O)[C@@]3(O)CCC4[C@@H]5CCC6=C(C)C(=O)C=C[C@]6(C)C5[C@@H](O)C[C@@]43C)[C@@H]2N(C)C)[C@](C)(O)C[C@@H](C)CN(C)[C@H](C)[C@@H](O)[C@]1(C)O. The van der Waals surface area contributed by atoms with Gasteiger partial charge in [0.1, 0.15) is 30.0 Å². The van der Waals surface area contributed by atoms with Gasteiger partial charge in [-0.15, -0.1) is 0 Å². The Morgan fingerprint density at radius 2 is 1.55 bits per heavy atom. The number of hydrogen-bond acceptors (Lipinski definition) is 19. The van der Waals surface area contributed by atoms with Crippen molar-refractivity contribution in [1.82, 2.24) is 14.7 Å². The zero-order chi connectivity index (χ0) is 58.4. The molecule has 4 aliphatic carbocycles. The zero-order valence-electron chi connectivity index (χ0n) is 49.4. The van der Waals surface area contributed by atoms with Crippen LogP contribution in [0.5, 0.6) is 0 Å². The van der Waals surface area contributed by atoms with Crippen LogP contribution in [-0.2, 0) is 47.7 Å². The van der Waals surface area contributed by atoms with Crippen LogP contribution in [0.25, 0.3) is 0 Å². The molecule has 0 bridgehead atoms. The number of Topliss-reactive ketones (excluding diaryl/α,β-unsaturated/α-hetero) is 1. The minimum absolute atomic E-state index is 0.00973. The first-order valence-electron chi connectivity index (χ1n) is 28.8. The summed E-state index contributed by atoms with van der Waals surface area (Å²) in [7, 11) is 7.48. The number of cyclic esters (lactones) is 1. The van der Waals surface area contributed by atoms with E-state index in [1.807, 2.05) is 76.7 Å². The first-order valence-corrected chi connectivity index (χ1v) is 28.8. The van der Waals surface area contributed by atoms with Crippen molar-refractivity contribution in [3.63, 3.8) is 0 Å². The van der Waals surface area contributed by atoms with Crippen molar-refractivity contribution in [3.8, 4) is 0 Å². The maximum Gasteiger partial charge on any atom is 0.311 e. The number of hydrogen-bond donors (Lipinski definition) is 6. The van der Waals surface area contributed by atoms with Gasteiger partial charge in [0.25, 0.3) is 0 Å². The van der Waals surface area contributed by atoms with E-state index in [0.29, 0.717) is 32.4 Å². The molecule has 0 aromatic carbocycles. The second-order valence-electron chi connectivity index (χ2n) is 25.9. The van der Waals surface area contributed by atoms with E-state index >= 15 is 0 Å².